The molecular formula is C14H19NO5. The quantitative estimate of drug-likeness (QED) is 0.859. The summed E-state index contributed by atoms with van der Waals surface area (Å²) in [7, 11) is 1.40. The van der Waals surface area contributed by atoms with Gasteiger partial charge in [-0.2, -0.15) is 0 Å². The first-order chi connectivity index (χ1) is 9.29. The lowest BCUT2D eigenvalue weighted by Crippen LogP contribution is -2.42. The molecule has 0 saturated heterocycles. The van der Waals surface area contributed by atoms with E-state index in [2.05, 4.69) is 0 Å². The molecule has 1 rings (SSSR count). The van der Waals surface area contributed by atoms with Gasteiger partial charge in [-0.25, -0.2) is 4.79 Å². The Morgan fingerprint density at radius 2 is 1.90 bits per heavy atom. The van der Waals surface area contributed by atoms with E-state index in [1.807, 2.05) is 0 Å². The van der Waals surface area contributed by atoms with Crippen molar-refractivity contribution in [3.05, 3.63) is 23.8 Å². The highest BCUT2D eigenvalue weighted by molar-refractivity contribution is 5.83. The number of carbonyl (C=O) groups is 2. The molecule has 1 amide bonds. The summed E-state index contributed by atoms with van der Waals surface area (Å²) in [5, 5.41) is 19.2. The first-order valence-electron chi connectivity index (χ1n) is 6.18. The molecule has 0 aliphatic carbocycles. The van der Waals surface area contributed by atoms with Gasteiger partial charge in [-0.15, -0.1) is 0 Å². The molecule has 0 spiro atoms. The maximum absolute atomic E-state index is 11.7. The third kappa shape index (κ3) is 3.20. The molecule has 0 aliphatic rings. The van der Waals surface area contributed by atoms with Crippen LogP contribution in [0.4, 0.5) is 0 Å². The van der Waals surface area contributed by atoms with Gasteiger partial charge in [0.15, 0.2) is 17.5 Å². The van der Waals surface area contributed by atoms with E-state index in [0.29, 0.717) is 5.56 Å². The monoisotopic (exact) mass is 281 g/mol. The minimum atomic E-state index is -1.15. The Morgan fingerprint density at radius 3 is 2.25 bits per heavy atom. The van der Waals surface area contributed by atoms with Crippen molar-refractivity contribution in [3.8, 4) is 11.5 Å². The van der Waals surface area contributed by atoms with E-state index in [0.717, 1.165) is 0 Å². The normalized spacial score (nSPS) is 12.1. The number of phenols is 1. The van der Waals surface area contributed by atoms with E-state index in [1.165, 1.54) is 37.1 Å². The topological polar surface area (TPSA) is 87.1 Å². The number of phenolic OH excluding ortho intramolecular Hbond substituents is 1. The average molecular weight is 281 g/mol. The van der Waals surface area contributed by atoms with E-state index in [1.54, 1.807) is 13.8 Å². The number of methoxy groups -OCH3 is 1. The Morgan fingerprint density at radius 1 is 1.30 bits per heavy atom. The van der Waals surface area contributed by atoms with Gasteiger partial charge in [-0.1, -0.05) is 6.07 Å². The Labute approximate surface area is 117 Å². The van der Waals surface area contributed by atoms with Crippen LogP contribution in [0, 0.1) is 0 Å². The number of hydrogen-bond donors (Lipinski definition) is 2. The van der Waals surface area contributed by atoms with Crippen molar-refractivity contribution >= 4 is 11.9 Å². The van der Waals surface area contributed by atoms with Gasteiger partial charge in [0.2, 0.25) is 5.91 Å². The zero-order valence-electron chi connectivity index (χ0n) is 12.0. The lowest BCUT2D eigenvalue weighted by Gasteiger charge is -2.32. The second-order valence-corrected chi connectivity index (χ2v) is 4.69. The highest BCUT2D eigenvalue weighted by Gasteiger charge is 2.31. The summed E-state index contributed by atoms with van der Waals surface area (Å²) >= 11 is 0. The highest BCUT2D eigenvalue weighted by atomic mass is 16.5. The number of carboxylic acid groups (broad SMARTS) is 1. The zero-order chi connectivity index (χ0) is 15.4. The lowest BCUT2D eigenvalue weighted by atomic mass is 10.0. The largest absolute Gasteiger partial charge is 0.504 e. The number of carbonyl (C=O) groups excluding carboxylic acids is 1. The number of hydrogen-bond acceptors (Lipinski definition) is 4. The minimum Gasteiger partial charge on any atom is -0.504 e. The molecule has 1 atom stereocenters. The Hall–Kier alpha value is -2.24. The summed E-state index contributed by atoms with van der Waals surface area (Å²) < 4.78 is 4.92. The summed E-state index contributed by atoms with van der Waals surface area (Å²) in [6, 6.07) is 2.87. The number of nitrogens with zero attached hydrogens (tertiary/aromatic N) is 1. The van der Waals surface area contributed by atoms with Crippen molar-refractivity contribution in [2.24, 2.45) is 0 Å². The van der Waals surface area contributed by atoms with Crippen LogP contribution in [0.1, 0.15) is 32.4 Å². The molecule has 0 aliphatic heterocycles. The van der Waals surface area contributed by atoms with E-state index < -0.39 is 12.0 Å². The zero-order valence-corrected chi connectivity index (χ0v) is 12.0. The van der Waals surface area contributed by atoms with Crippen LogP contribution in [0.5, 0.6) is 11.5 Å². The maximum atomic E-state index is 11.7. The molecule has 0 radical (unpaired) electrons. The lowest BCUT2D eigenvalue weighted by molar-refractivity contribution is -0.151. The van der Waals surface area contributed by atoms with Crippen molar-refractivity contribution in [2.75, 3.05) is 7.11 Å². The first-order valence-corrected chi connectivity index (χ1v) is 6.18. The van der Waals surface area contributed by atoms with Crippen molar-refractivity contribution in [3.63, 3.8) is 0 Å². The van der Waals surface area contributed by atoms with Crippen LogP contribution in [-0.4, -0.2) is 40.1 Å². The van der Waals surface area contributed by atoms with Gasteiger partial charge in [-0.05, 0) is 31.5 Å². The van der Waals surface area contributed by atoms with Crippen LogP contribution < -0.4 is 4.74 Å². The second kappa shape index (κ2) is 6.27. The van der Waals surface area contributed by atoms with Crippen molar-refractivity contribution in [2.45, 2.75) is 32.9 Å². The van der Waals surface area contributed by atoms with Gasteiger partial charge in [-0.3, -0.25) is 4.79 Å². The van der Waals surface area contributed by atoms with Crippen molar-refractivity contribution < 1.29 is 24.5 Å². The Kier molecular flexibility index (Phi) is 4.96. The molecule has 1 aromatic carbocycles. The van der Waals surface area contributed by atoms with Crippen molar-refractivity contribution in [1.82, 2.24) is 4.90 Å². The molecule has 1 unspecified atom stereocenters. The van der Waals surface area contributed by atoms with Gasteiger partial charge < -0.3 is 19.8 Å². The summed E-state index contributed by atoms with van der Waals surface area (Å²) in [5.74, 6) is -1.42. The fourth-order valence-corrected chi connectivity index (χ4v) is 2.14. The van der Waals surface area contributed by atoms with Gasteiger partial charge in [0, 0.05) is 13.0 Å². The molecule has 6 heteroatoms. The van der Waals surface area contributed by atoms with Gasteiger partial charge >= 0.3 is 5.97 Å². The molecule has 2 N–H and O–H groups in total. The number of benzene rings is 1. The number of aromatic hydroxyl groups is 1. The van der Waals surface area contributed by atoms with Gasteiger partial charge in [0.1, 0.15) is 0 Å². The molecule has 1 aromatic rings. The third-order valence-electron chi connectivity index (χ3n) is 2.95. The summed E-state index contributed by atoms with van der Waals surface area (Å²) in [6.07, 6.45) is 0. The Bertz CT molecular complexity index is 512. The highest BCUT2D eigenvalue weighted by Crippen LogP contribution is 2.32. The number of amides is 1. The molecule has 20 heavy (non-hydrogen) atoms. The predicted octanol–water partition coefficient (Wildman–Crippen LogP) is 1.78. The minimum absolute atomic E-state index is 0.163. The fourth-order valence-electron chi connectivity index (χ4n) is 2.14. The second-order valence-electron chi connectivity index (χ2n) is 4.69. The summed E-state index contributed by atoms with van der Waals surface area (Å²) in [4.78, 5) is 24.5. The molecule has 0 heterocycles. The van der Waals surface area contributed by atoms with E-state index >= 15 is 0 Å². The molecule has 0 saturated carbocycles. The van der Waals surface area contributed by atoms with E-state index in [9.17, 15) is 19.8 Å². The fraction of sp³-hybridized carbons (Fsp3) is 0.429. The van der Waals surface area contributed by atoms with Crippen LogP contribution in [0.2, 0.25) is 0 Å². The van der Waals surface area contributed by atoms with Crippen molar-refractivity contribution in [1.29, 1.82) is 0 Å². The molecule has 0 aromatic heterocycles. The number of ether oxygens (including phenoxy) is 1. The SMILES string of the molecule is COc1ccc(C(C(=O)O)N(C(C)=O)C(C)C)cc1O. The number of rotatable bonds is 5. The number of carboxylic acids is 1. The van der Waals surface area contributed by atoms with Crippen LogP contribution >= 0.6 is 0 Å². The standard InChI is InChI=1S/C14H19NO5/c1-8(2)15(9(3)16)13(14(18)19)10-5-6-12(20-4)11(17)7-10/h5-8,13,17H,1-4H3,(H,18,19). The van der Waals surface area contributed by atoms with Gasteiger partial charge in [0.05, 0.1) is 7.11 Å². The summed E-state index contributed by atoms with van der Waals surface area (Å²) in [5.41, 5.74) is 0.319. The van der Waals surface area contributed by atoms with E-state index in [-0.39, 0.29) is 23.4 Å². The maximum Gasteiger partial charge on any atom is 0.331 e. The summed E-state index contributed by atoms with van der Waals surface area (Å²) in [6.45, 7) is 4.79. The average Bonchev–Trinajstić information content (AvgIpc) is 2.34. The van der Waals surface area contributed by atoms with Crippen LogP contribution in [0.15, 0.2) is 18.2 Å². The third-order valence-corrected chi connectivity index (χ3v) is 2.95. The van der Waals surface area contributed by atoms with Crippen LogP contribution in [0.3, 0.4) is 0 Å². The van der Waals surface area contributed by atoms with E-state index in [4.69, 9.17) is 4.74 Å². The molecule has 0 bridgehead atoms. The number of aliphatic carboxylic acids is 1. The smallest absolute Gasteiger partial charge is 0.331 e. The predicted molar refractivity (Wildman–Crippen MR) is 72.7 cm³/mol. The molecule has 0 fully saturated rings. The van der Waals surface area contributed by atoms with Gasteiger partial charge in [0.25, 0.3) is 0 Å². The Balaban J connectivity index is 3.30. The first kappa shape index (κ1) is 15.8. The van der Waals surface area contributed by atoms with Crippen LogP contribution in [-0.2, 0) is 9.59 Å². The van der Waals surface area contributed by atoms with Crippen LogP contribution in [0.25, 0.3) is 0 Å². The molecule has 110 valence electrons. The molecular weight excluding hydrogens is 262 g/mol. The molecule has 6 nitrogen and oxygen atoms in total.